The third-order valence-electron chi connectivity index (χ3n) is 2.36. The van der Waals surface area contributed by atoms with Crippen molar-refractivity contribution in [2.24, 2.45) is 0 Å². The summed E-state index contributed by atoms with van der Waals surface area (Å²) in [5, 5.41) is 3.39. The molecule has 0 radical (unpaired) electrons. The van der Waals surface area contributed by atoms with E-state index in [0.29, 0.717) is 16.3 Å². The molecule has 4 heteroatoms. The predicted molar refractivity (Wildman–Crippen MR) is 78.4 cm³/mol. The first-order chi connectivity index (χ1) is 8.68. The van der Waals surface area contributed by atoms with E-state index < -0.39 is 0 Å². The molecule has 0 spiro atoms. The molecule has 0 amide bonds. The van der Waals surface area contributed by atoms with E-state index in [4.69, 9.17) is 23.8 Å². The first-order valence-electron chi connectivity index (χ1n) is 5.34. The number of carbonyl (C=O) groups excluding carboxylic acids is 1. The summed E-state index contributed by atoms with van der Waals surface area (Å²) in [6, 6.07) is 16.0. The van der Waals surface area contributed by atoms with Crippen LogP contribution in [0.5, 0.6) is 0 Å². The van der Waals surface area contributed by atoms with E-state index in [-0.39, 0.29) is 10.8 Å². The average Bonchev–Trinajstić information content (AvgIpc) is 2.41. The van der Waals surface area contributed by atoms with Gasteiger partial charge < -0.3 is 5.32 Å². The summed E-state index contributed by atoms with van der Waals surface area (Å²) in [5.74, 6) is -0.217. The number of nitrogens with one attached hydrogen (secondary N) is 1. The van der Waals surface area contributed by atoms with Crippen molar-refractivity contribution < 1.29 is 4.79 Å². The second kappa shape index (κ2) is 5.76. The third-order valence-corrected chi connectivity index (χ3v) is 2.98. The molecule has 18 heavy (non-hydrogen) atoms. The fourth-order valence-corrected chi connectivity index (χ4v) is 1.87. The van der Waals surface area contributed by atoms with E-state index in [1.165, 1.54) is 0 Å². The zero-order valence-electron chi connectivity index (χ0n) is 9.39. The standard InChI is InChI=1S/C14H10ClNOS/c15-11-8-4-5-9-12(11)16-14(18)13(17)10-6-2-1-3-7-10/h1-9H,(H,16,18). The molecule has 90 valence electrons. The molecule has 2 aromatic carbocycles. The highest BCUT2D eigenvalue weighted by Crippen LogP contribution is 2.20. The monoisotopic (exact) mass is 275 g/mol. The van der Waals surface area contributed by atoms with Crippen LogP contribution in [0, 0.1) is 0 Å². The first-order valence-corrected chi connectivity index (χ1v) is 6.12. The van der Waals surface area contributed by atoms with Gasteiger partial charge in [-0.2, -0.15) is 0 Å². The summed E-state index contributed by atoms with van der Waals surface area (Å²) < 4.78 is 0. The van der Waals surface area contributed by atoms with Crippen molar-refractivity contribution in [2.45, 2.75) is 0 Å². The molecule has 0 aliphatic heterocycles. The summed E-state index contributed by atoms with van der Waals surface area (Å²) in [4.78, 5) is 12.1. The summed E-state index contributed by atoms with van der Waals surface area (Å²) in [5.41, 5.74) is 1.19. The normalized spacial score (nSPS) is 9.83. The van der Waals surface area contributed by atoms with Crippen LogP contribution in [0.4, 0.5) is 5.69 Å². The minimum absolute atomic E-state index is 0.134. The Hall–Kier alpha value is -1.71. The predicted octanol–water partition coefficient (Wildman–Crippen LogP) is 3.96. The van der Waals surface area contributed by atoms with E-state index in [1.54, 1.807) is 36.4 Å². The van der Waals surface area contributed by atoms with Crippen LogP contribution >= 0.6 is 23.8 Å². The summed E-state index contributed by atoms with van der Waals surface area (Å²) >= 11 is 11.1. The Morgan fingerprint density at radius 3 is 2.28 bits per heavy atom. The lowest BCUT2D eigenvalue weighted by atomic mass is 10.1. The number of anilines is 1. The smallest absolute Gasteiger partial charge is 0.220 e. The minimum Gasteiger partial charge on any atom is -0.342 e. The van der Waals surface area contributed by atoms with E-state index in [9.17, 15) is 4.79 Å². The van der Waals surface area contributed by atoms with Gasteiger partial charge in [0, 0.05) is 5.56 Å². The van der Waals surface area contributed by atoms with Crippen LogP contribution in [-0.4, -0.2) is 10.8 Å². The van der Waals surface area contributed by atoms with Gasteiger partial charge in [-0.25, -0.2) is 0 Å². The summed E-state index contributed by atoms with van der Waals surface area (Å²) in [6.45, 7) is 0. The van der Waals surface area contributed by atoms with Gasteiger partial charge in [0.2, 0.25) is 5.78 Å². The number of ketones is 1. The number of hydrogen-bond donors (Lipinski definition) is 1. The van der Waals surface area contributed by atoms with Crippen LogP contribution in [0.15, 0.2) is 54.6 Å². The highest BCUT2D eigenvalue weighted by molar-refractivity contribution is 7.82. The highest BCUT2D eigenvalue weighted by Gasteiger charge is 2.12. The van der Waals surface area contributed by atoms with Gasteiger partial charge in [0.25, 0.3) is 0 Å². The number of Topliss-reactive ketones (excluding diaryl/α,β-unsaturated/α-hetero) is 1. The van der Waals surface area contributed by atoms with Gasteiger partial charge in [-0.05, 0) is 12.1 Å². The molecule has 0 bridgehead atoms. The Labute approximate surface area is 116 Å². The van der Waals surface area contributed by atoms with E-state index >= 15 is 0 Å². The molecular weight excluding hydrogens is 266 g/mol. The van der Waals surface area contributed by atoms with E-state index in [0.717, 1.165) is 0 Å². The van der Waals surface area contributed by atoms with Gasteiger partial charge in [-0.3, -0.25) is 4.79 Å². The average molecular weight is 276 g/mol. The molecule has 0 aliphatic rings. The van der Waals surface area contributed by atoms with Crippen LogP contribution in [0.3, 0.4) is 0 Å². The number of para-hydroxylation sites is 1. The largest absolute Gasteiger partial charge is 0.342 e. The van der Waals surface area contributed by atoms with Crippen molar-refractivity contribution in [3.8, 4) is 0 Å². The topological polar surface area (TPSA) is 29.1 Å². The van der Waals surface area contributed by atoms with Crippen molar-refractivity contribution in [1.29, 1.82) is 0 Å². The van der Waals surface area contributed by atoms with E-state index in [2.05, 4.69) is 5.32 Å². The molecule has 0 saturated carbocycles. The Bertz CT molecular complexity index is 583. The molecule has 0 aliphatic carbocycles. The third kappa shape index (κ3) is 2.94. The number of benzene rings is 2. The molecular formula is C14H10ClNOS. The molecule has 0 heterocycles. The van der Waals surface area contributed by atoms with Crippen molar-refractivity contribution >= 4 is 40.3 Å². The molecule has 0 atom stereocenters. The van der Waals surface area contributed by atoms with Crippen molar-refractivity contribution in [3.63, 3.8) is 0 Å². The molecule has 0 unspecified atom stereocenters. The number of hydrogen-bond acceptors (Lipinski definition) is 2. The fourth-order valence-electron chi connectivity index (χ4n) is 1.46. The lowest BCUT2D eigenvalue weighted by Crippen LogP contribution is -2.20. The molecule has 0 saturated heterocycles. The molecule has 2 aromatic rings. The van der Waals surface area contributed by atoms with Gasteiger partial charge in [-0.1, -0.05) is 66.3 Å². The van der Waals surface area contributed by atoms with E-state index in [1.807, 2.05) is 18.2 Å². The zero-order chi connectivity index (χ0) is 13.0. The molecule has 1 N–H and O–H groups in total. The quantitative estimate of drug-likeness (QED) is 0.679. The number of carbonyl (C=O) groups is 1. The first kappa shape index (κ1) is 12.7. The molecule has 2 nitrogen and oxygen atoms in total. The number of thiocarbonyl (C=S) groups is 1. The van der Waals surface area contributed by atoms with Crippen molar-refractivity contribution in [1.82, 2.24) is 0 Å². The van der Waals surface area contributed by atoms with Gasteiger partial charge in [0.15, 0.2) is 4.99 Å². The van der Waals surface area contributed by atoms with Crippen LogP contribution in [0.1, 0.15) is 10.4 Å². The zero-order valence-corrected chi connectivity index (χ0v) is 11.0. The Morgan fingerprint density at radius 1 is 1.00 bits per heavy atom. The van der Waals surface area contributed by atoms with Gasteiger partial charge in [-0.15, -0.1) is 0 Å². The van der Waals surface area contributed by atoms with Gasteiger partial charge >= 0.3 is 0 Å². The highest BCUT2D eigenvalue weighted by atomic mass is 35.5. The molecule has 0 fully saturated rings. The van der Waals surface area contributed by atoms with Crippen LogP contribution in [0.25, 0.3) is 0 Å². The minimum atomic E-state index is -0.217. The van der Waals surface area contributed by atoms with Gasteiger partial charge in [0.05, 0.1) is 10.7 Å². The summed E-state index contributed by atoms with van der Waals surface area (Å²) in [7, 11) is 0. The van der Waals surface area contributed by atoms with Gasteiger partial charge in [0.1, 0.15) is 0 Å². The Morgan fingerprint density at radius 2 is 1.61 bits per heavy atom. The summed E-state index contributed by atoms with van der Waals surface area (Å²) in [6.07, 6.45) is 0. The van der Waals surface area contributed by atoms with Crippen LogP contribution in [-0.2, 0) is 0 Å². The Kier molecular flexibility index (Phi) is 4.07. The van der Waals surface area contributed by atoms with Crippen molar-refractivity contribution in [3.05, 3.63) is 65.2 Å². The maximum atomic E-state index is 12.0. The van der Waals surface area contributed by atoms with Crippen LogP contribution in [0.2, 0.25) is 5.02 Å². The number of rotatable bonds is 3. The SMILES string of the molecule is O=C(C(=S)Nc1ccccc1Cl)c1ccccc1. The lowest BCUT2D eigenvalue weighted by Gasteiger charge is -2.08. The fraction of sp³-hybridized carbons (Fsp3) is 0. The second-order valence-corrected chi connectivity index (χ2v) is 4.44. The second-order valence-electron chi connectivity index (χ2n) is 3.63. The number of halogens is 1. The van der Waals surface area contributed by atoms with Crippen LogP contribution < -0.4 is 5.32 Å². The Balaban J connectivity index is 2.14. The molecule has 0 aromatic heterocycles. The van der Waals surface area contributed by atoms with Crippen molar-refractivity contribution in [2.75, 3.05) is 5.32 Å². The molecule has 2 rings (SSSR count). The lowest BCUT2D eigenvalue weighted by molar-refractivity contribution is 0.106. The maximum absolute atomic E-state index is 12.0. The maximum Gasteiger partial charge on any atom is 0.220 e.